The molecule has 3 nitrogen and oxygen atoms in total. The molecule has 1 fully saturated rings. The molecule has 0 spiro atoms. The summed E-state index contributed by atoms with van der Waals surface area (Å²) >= 11 is 0. The molecule has 0 radical (unpaired) electrons. The molecule has 0 aromatic carbocycles. The molecule has 0 amide bonds. The van der Waals surface area contributed by atoms with Gasteiger partial charge in [-0.15, -0.1) is 0 Å². The smallest absolute Gasteiger partial charge is 0.0897 e. The lowest BCUT2D eigenvalue weighted by atomic mass is 10.1. The van der Waals surface area contributed by atoms with Crippen molar-refractivity contribution in [2.24, 2.45) is 11.8 Å². The standard InChI is InChI=1S/C13H27NO2/c1-10(2)8-16-9-13(15)7-14-11(3)6-12-4-5-12/h10-15H,4-9H2,1-3H3. The number of aliphatic hydroxyl groups excluding tert-OH is 1. The van der Waals surface area contributed by atoms with Gasteiger partial charge in [0.1, 0.15) is 0 Å². The lowest BCUT2D eigenvalue weighted by Gasteiger charge is -2.17. The Bertz CT molecular complexity index is 181. The second-order valence-corrected chi connectivity index (χ2v) is 5.57. The normalized spacial score (nSPS) is 20.1. The van der Waals surface area contributed by atoms with Gasteiger partial charge < -0.3 is 15.2 Å². The summed E-state index contributed by atoms with van der Waals surface area (Å²) in [5, 5.41) is 13.0. The highest BCUT2D eigenvalue weighted by molar-refractivity contribution is 4.78. The summed E-state index contributed by atoms with van der Waals surface area (Å²) in [7, 11) is 0. The first-order valence-electron chi connectivity index (χ1n) is 6.57. The van der Waals surface area contributed by atoms with Gasteiger partial charge in [-0.2, -0.15) is 0 Å². The van der Waals surface area contributed by atoms with E-state index in [-0.39, 0.29) is 6.10 Å². The first-order chi connectivity index (χ1) is 7.58. The third kappa shape index (κ3) is 7.20. The van der Waals surface area contributed by atoms with Crippen LogP contribution in [0.1, 0.15) is 40.0 Å². The molecule has 1 rings (SSSR count). The molecule has 0 bridgehead atoms. The highest BCUT2D eigenvalue weighted by atomic mass is 16.5. The van der Waals surface area contributed by atoms with Crippen molar-refractivity contribution in [2.45, 2.75) is 52.2 Å². The average molecular weight is 229 g/mol. The van der Waals surface area contributed by atoms with Crippen LogP contribution in [0.3, 0.4) is 0 Å². The molecular weight excluding hydrogens is 202 g/mol. The number of nitrogens with one attached hydrogen (secondary N) is 1. The van der Waals surface area contributed by atoms with Crippen molar-refractivity contribution in [1.29, 1.82) is 0 Å². The van der Waals surface area contributed by atoms with Crippen LogP contribution in [0, 0.1) is 11.8 Å². The SMILES string of the molecule is CC(C)COCC(O)CNC(C)CC1CC1. The second-order valence-electron chi connectivity index (χ2n) is 5.57. The van der Waals surface area contributed by atoms with Crippen LogP contribution < -0.4 is 5.32 Å². The monoisotopic (exact) mass is 229 g/mol. The summed E-state index contributed by atoms with van der Waals surface area (Å²) in [5.74, 6) is 1.48. The minimum atomic E-state index is -0.375. The predicted molar refractivity (Wildman–Crippen MR) is 66.5 cm³/mol. The van der Waals surface area contributed by atoms with Gasteiger partial charge in [0.05, 0.1) is 12.7 Å². The van der Waals surface area contributed by atoms with Gasteiger partial charge >= 0.3 is 0 Å². The summed E-state index contributed by atoms with van der Waals surface area (Å²) in [6.45, 7) is 8.24. The number of ether oxygens (including phenoxy) is 1. The number of aliphatic hydroxyl groups is 1. The van der Waals surface area contributed by atoms with E-state index in [9.17, 15) is 5.11 Å². The third-order valence-electron chi connectivity index (χ3n) is 2.85. The molecule has 0 aliphatic heterocycles. The molecule has 0 heterocycles. The zero-order chi connectivity index (χ0) is 12.0. The van der Waals surface area contributed by atoms with Crippen LogP contribution >= 0.6 is 0 Å². The highest BCUT2D eigenvalue weighted by Crippen LogP contribution is 2.33. The third-order valence-corrected chi connectivity index (χ3v) is 2.85. The molecule has 0 saturated heterocycles. The Hall–Kier alpha value is -0.120. The fourth-order valence-electron chi connectivity index (χ4n) is 1.77. The Morgan fingerprint density at radius 3 is 2.50 bits per heavy atom. The molecule has 1 saturated carbocycles. The van der Waals surface area contributed by atoms with Gasteiger partial charge in [0.2, 0.25) is 0 Å². The summed E-state index contributed by atoms with van der Waals surface area (Å²) in [6, 6.07) is 0.521. The van der Waals surface area contributed by atoms with E-state index >= 15 is 0 Å². The van der Waals surface area contributed by atoms with E-state index in [1.54, 1.807) is 0 Å². The van der Waals surface area contributed by atoms with Crippen LogP contribution in [0.15, 0.2) is 0 Å². The van der Waals surface area contributed by atoms with E-state index < -0.39 is 0 Å². The molecule has 2 atom stereocenters. The fourth-order valence-corrected chi connectivity index (χ4v) is 1.77. The minimum Gasteiger partial charge on any atom is -0.389 e. The molecule has 0 aromatic heterocycles. The zero-order valence-corrected chi connectivity index (χ0v) is 10.9. The zero-order valence-electron chi connectivity index (χ0n) is 10.9. The van der Waals surface area contributed by atoms with Crippen molar-refractivity contribution in [1.82, 2.24) is 5.32 Å². The number of rotatable bonds is 9. The molecule has 16 heavy (non-hydrogen) atoms. The van der Waals surface area contributed by atoms with Gasteiger partial charge in [-0.25, -0.2) is 0 Å². The van der Waals surface area contributed by atoms with Gasteiger partial charge in [0, 0.05) is 19.2 Å². The first kappa shape index (κ1) is 13.9. The molecule has 2 N–H and O–H groups in total. The topological polar surface area (TPSA) is 41.5 Å². The van der Waals surface area contributed by atoms with E-state index in [2.05, 4.69) is 26.1 Å². The quantitative estimate of drug-likeness (QED) is 0.633. The Morgan fingerprint density at radius 2 is 1.94 bits per heavy atom. The van der Waals surface area contributed by atoms with Crippen molar-refractivity contribution in [2.75, 3.05) is 19.8 Å². The van der Waals surface area contributed by atoms with Crippen LogP contribution in [0.2, 0.25) is 0 Å². The lowest BCUT2D eigenvalue weighted by molar-refractivity contribution is 0.0250. The largest absolute Gasteiger partial charge is 0.389 e. The average Bonchev–Trinajstić information content (AvgIpc) is 2.98. The Morgan fingerprint density at radius 1 is 1.25 bits per heavy atom. The van der Waals surface area contributed by atoms with E-state index in [1.807, 2.05) is 0 Å². The number of hydrogen-bond donors (Lipinski definition) is 2. The predicted octanol–water partition coefficient (Wildman–Crippen LogP) is 1.80. The van der Waals surface area contributed by atoms with Crippen molar-refractivity contribution in [3.63, 3.8) is 0 Å². The Kier molecular flexibility index (Phi) is 6.32. The summed E-state index contributed by atoms with van der Waals surface area (Å²) < 4.78 is 5.39. The van der Waals surface area contributed by atoms with E-state index in [0.29, 0.717) is 25.1 Å². The fraction of sp³-hybridized carbons (Fsp3) is 1.00. The van der Waals surface area contributed by atoms with Crippen molar-refractivity contribution >= 4 is 0 Å². The minimum absolute atomic E-state index is 0.375. The molecule has 96 valence electrons. The van der Waals surface area contributed by atoms with Crippen molar-refractivity contribution in [3.8, 4) is 0 Å². The summed E-state index contributed by atoms with van der Waals surface area (Å²) in [6.07, 6.45) is 3.66. The van der Waals surface area contributed by atoms with Gasteiger partial charge in [-0.1, -0.05) is 26.7 Å². The van der Waals surface area contributed by atoms with E-state index in [4.69, 9.17) is 4.74 Å². The maximum Gasteiger partial charge on any atom is 0.0897 e. The Balaban J connectivity index is 1.93. The maximum absolute atomic E-state index is 9.67. The number of hydrogen-bond acceptors (Lipinski definition) is 3. The highest BCUT2D eigenvalue weighted by Gasteiger charge is 2.23. The van der Waals surface area contributed by atoms with Crippen molar-refractivity contribution < 1.29 is 9.84 Å². The Labute approximate surface area is 99.6 Å². The molecule has 2 unspecified atom stereocenters. The molecular formula is C13H27NO2. The van der Waals surface area contributed by atoms with E-state index in [1.165, 1.54) is 19.3 Å². The maximum atomic E-state index is 9.67. The second kappa shape index (κ2) is 7.25. The van der Waals surface area contributed by atoms with Crippen LogP contribution in [-0.4, -0.2) is 37.0 Å². The summed E-state index contributed by atoms with van der Waals surface area (Å²) in [5.41, 5.74) is 0. The van der Waals surface area contributed by atoms with Crippen LogP contribution in [0.5, 0.6) is 0 Å². The van der Waals surface area contributed by atoms with Gasteiger partial charge in [-0.05, 0) is 25.2 Å². The molecule has 1 aliphatic carbocycles. The van der Waals surface area contributed by atoms with Gasteiger partial charge in [0.25, 0.3) is 0 Å². The molecule has 3 heteroatoms. The molecule has 0 aromatic rings. The molecule has 1 aliphatic rings. The first-order valence-corrected chi connectivity index (χ1v) is 6.57. The van der Waals surface area contributed by atoms with Gasteiger partial charge in [0.15, 0.2) is 0 Å². The van der Waals surface area contributed by atoms with Crippen LogP contribution in [0.25, 0.3) is 0 Å². The van der Waals surface area contributed by atoms with Crippen LogP contribution in [-0.2, 0) is 4.74 Å². The van der Waals surface area contributed by atoms with Gasteiger partial charge in [-0.3, -0.25) is 0 Å². The van der Waals surface area contributed by atoms with Crippen molar-refractivity contribution in [3.05, 3.63) is 0 Å². The summed E-state index contributed by atoms with van der Waals surface area (Å²) in [4.78, 5) is 0. The van der Waals surface area contributed by atoms with Crippen LogP contribution in [0.4, 0.5) is 0 Å². The lowest BCUT2D eigenvalue weighted by Crippen LogP contribution is -2.36. The van der Waals surface area contributed by atoms with E-state index in [0.717, 1.165) is 12.5 Å².